The fourth-order valence-electron chi connectivity index (χ4n) is 1.43. The van der Waals surface area contributed by atoms with E-state index >= 15 is 0 Å². The molecule has 0 fully saturated rings. The summed E-state index contributed by atoms with van der Waals surface area (Å²) in [5, 5.41) is 17.9. The molecule has 106 valence electrons. The Kier molecular flexibility index (Phi) is 5.77. The number of carbonyl (C=O) groups excluding carboxylic acids is 1. The SMILES string of the molecule is CC(CCC(=O)O)CNC(=O)NCc1ncn(C)n1. The maximum Gasteiger partial charge on any atom is 0.315 e. The summed E-state index contributed by atoms with van der Waals surface area (Å²) in [6.45, 7) is 2.59. The molecule has 1 unspecified atom stereocenters. The minimum atomic E-state index is -0.822. The summed E-state index contributed by atoms with van der Waals surface area (Å²) < 4.78 is 1.56. The Labute approximate surface area is 111 Å². The van der Waals surface area contributed by atoms with Crippen LogP contribution in [0.4, 0.5) is 4.79 Å². The maximum atomic E-state index is 11.5. The number of hydrogen-bond acceptors (Lipinski definition) is 4. The van der Waals surface area contributed by atoms with Crippen molar-refractivity contribution in [2.75, 3.05) is 6.54 Å². The number of amides is 2. The number of nitrogens with zero attached hydrogens (tertiary/aromatic N) is 3. The zero-order valence-electron chi connectivity index (χ0n) is 11.1. The second-order valence-electron chi connectivity index (χ2n) is 4.44. The summed E-state index contributed by atoms with van der Waals surface area (Å²) in [6.07, 6.45) is 2.21. The average Bonchev–Trinajstić information content (AvgIpc) is 2.77. The van der Waals surface area contributed by atoms with E-state index in [1.807, 2.05) is 6.92 Å². The topological polar surface area (TPSA) is 109 Å². The van der Waals surface area contributed by atoms with E-state index < -0.39 is 5.97 Å². The molecule has 8 nitrogen and oxygen atoms in total. The molecule has 0 saturated heterocycles. The van der Waals surface area contributed by atoms with Crippen molar-refractivity contribution in [3.8, 4) is 0 Å². The molecule has 0 saturated carbocycles. The molecule has 0 radical (unpaired) electrons. The predicted molar refractivity (Wildman–Crippen MR) is 67.3 cm³/mol. The number of aryl methyl sites for hydroxylation is 1. The highest BCUT2D eigenvalue weighted by atomic mass is 16.4. The Morgan fingerprint density at radius 2 is 2.21 bits per heavy atom. The van der Waals surface area contributed by atoms with E-state index in [9.17, 15) is 9.59 Å². The first-order valence-electron chi connectivity index (χ1n) is 6.05. The number of hydrogen-bond donors (Lipinski definition) is 3. The lowest BCUT2D eigenvalue weighted by atomic mass is 10.1. The fourth-order valence-corrected chi connectivity index (χ4v) is 1.43. The van der Waals surface area contributed by atoms with E-state index in [-0.39, 0.29) is 24.9 Å². The highest BCUT2D eigenvalue weighted by molar-refractivity contribution is 5.73. The second-order valence-corrected chi connectivity index (χ2v) is 4.44. The van der Waals surface area contributed by atoms with Crippen LogP contribution in [0.1, 0.15) is 25.6 Å². The molecule has 0 spiro atoms. The molecular formula is C11H19N5O3. The highest BCUT2D eigenvalue weighted by Gasteiger charge is 2.08. The molecule has 19 heavy (non-hydrogen) atoms. The van der Waals surface area contributed by atoms with Gasteiger partial charge in [-0.1, -0.05) is 6.92 Å². The van der Waals surface area contributed by atoms with Crippen molar-refractivity contribution in [2.24, 2.45) is 13.0 Å². The fraction of sp³-hybridized carbons (Fsp3) is 0.636. The first-order valence-corrected chi connectivity index (χ1v) is 6.05. The normalized spacial score (nSPS) is 11.9. The lowest BCUT2D eigenvalue weighted by Gasteiger charge is -2.11. The number of carboxylic acid groups (broad SMARTS) is 1. The van der Waals surface area contributed by atoms with Crippen LogP contribution >= 0.6 is 0 Å². The van der Waals surface area contributed by atoms with E-state index in [0.29, 0.717) is 18.8 Å². The van der Waals surface area contributed by atoms with Crippen LogP contribution in [0.15, 0.2) is 6.33 Å². The monoisotopic (exact) mass is 269 g/mol. The molecule has 8 heteroatoms. The first-order chi connectivity index (χ1) is 8.97. The molecule has 1 aromatic heterocycles. The minimum absolute atomic E-state index is 0.113. The Bertz CT molecular complexity index is 432. The number of aromatic nitrogens is 3. The predicted octanol–water partition coefficient (Wildman–Crippen LogP) is 0.115. The van der Waals surface area contributed by atoms with Gasteiger partial charge in [0.2, 0.25) is 0 Å². The Morgan fingerprint density at radius 3 is 2.79 bits per heavy atom. The summed E-state index contributed by atoms with van der Waals surface area (Å²) in [6, 6.07) is -0.311. The standard InChI is InChI=1S/C11H19N5O3/c1-8(3-4-10(17)18)5-12-11(19)13-6-9-14-7-16(2)15-9/h7-8H,3-6H2,1-2H3,(H,17,18)(H2,12,13,19). The van der Waals surface area contributed by atoms with Crippen molar-refractivity contribution in [3.63, 3.8) is 0 Å². The largest absolute Gasteiger partial charge is 0.481 e. The van der Waals surface area contributed by atoms with Gasteiger partial charge in [-0.25, -0.2) is 9.78 Å². The van der Waals surface area contributed by atoms with Gasteiger partial charge in [0.1, 0.15) is 6.33 Å². The van der Waals surface area contributed by atoms with Crippen LogP contribution in [0.3, 0.4) is 0 Å². The first kappa shape index (κ1) is 14.9. The number of aliphatic carboxylic acids is 1. The summed E-state index contributed by atoms with van der Waals surface area (Å²) in [5.41, 5.74) is 0. The molecule has 0 aliphatic carbocycles. The number of nitrogens with one attached hydrogen (secondary N) is 2. The molecule has 1 heterocycles. The summed E-state index contributed by atoms with van der Waals surface area (Å²) in [7, 11) is 1.75. The van der Waals surface area contributed by atoms with Gasteiger partial charge in [0.25, 0.3) is 0 Å². The van der Waals surface area contributed by atoms with Crippen molar-refractivity contribution in [1.29, 1.82) is 0 Å². The summed E-state index contributed by atoms with van der Waals surface area (Å²) in [5.74, 6) is -0.163. The van der Waals surface area contributed by atoms with Gasteiger partial charge < -0.3 is 15.7 Å². The van der Waals surface area contributed by atoms with Crippen LogP contribution in [-0.2, 0) is 18.4 Å². The minimum Gasteiger partial charge on any atom is -0.481 e. The van der Waals surface area contributed by atoms with Crippen LogP contribution in [0.25, 0.3) is 0 Å². The van der Waals surface area contributed by atoms with Crippen LogP contribution in [0.5, 0.6) is 0 Å². The Balaban J connectivity index is 2.15. The average molecular weight is 269 g/mol. The molecule has 3 N–H and O–H groups in total. The molecule has 1 aromatic rings. The molecule has 0 bridgehead atoms. The van der Waals surface area contributed by atoms with Crippen molar-refractivity contribution >= 4 is 12.0 Å². The van der Waals surface area contributed by atoms with Gasteiger partial charge in [0.05, 0.1) is 6.54 Å². The van der Waals surface area contributed by atoms with Gasteiger partial charge in [-0.15, -0.1) is 0 Å². The smallest absolute Gasteiger partial charge is 0.315 e. The lowest BCUT2D eigenvalue weighted by molar-refractivity contribution is -0.137. The third kappa shape index (κ3) is 6.39. The van der Waals surface area contributed by atoms with Gasteiger partial charge in [0.15, 0.2) is 5.82 Å². The molecule has 2 amide bonds. The Hall–Kier alpha value is -2.12. The van der Waals surface area contributed by atoms with E-state index in [1.54, 1.807) is 18.1 Å². The zero-order chi connectivity index (χ0) is 14.3. The third-order valence-electron chi connectivity index (χ3n) is 2.52. The second kappa shape index (κ2) is 7.34. The van der Waals surface area contributed by atoms with Gasteiger partial charge >= 0.3 is 12.0 Å². The van der Waals surface area contributed by atoms with E-state index in [0.717, 1.165) is 0 Å². The van der Waals surface area contributed by atoms with Crippen LogP contribution < -0.4 is 10.6 Å². The van der Waals surface area contributed by atoms with Gasteiger partial charge in [-0.2, -0.15) is 5.10 Å². The lowest BCUT2D eigenvalue weighted by Crippen LogP contribution is -2.37. The van der Waals surface area contributed by atoms with Crippen LogP contribution in [0.2, 0.25) is 0 Å². The van der Waals surface area contributed by atoms with Crippen molar-refractivity contribution in [2.45, 2.75) is 26.3 Å². The van der Waals surface area contributed by atoms with Crippen LogP contribution in [-0.4, -0.2) is 38.4 Å². The van der Waals surface area contributed by atoms with E-state index in [1.165, 1.54) is 0 Å². The highest BCUT2D eigenvalue weighted by Crippen LogP contribution is 2.03. The number of rotatable bonds is 7. The van der Waals surface area contributed by atoms with Gasteiger partial charge in [0, 0.05) is 20.0 Å². The van der Waals surface area contributed by atoms with Crippen LogP contribution in [0, 0.1) is 5.92 Å². The molecule has 0 aromatic carbocycles. The van der Waals surface area contributed by atoms with Gasteiger partial charge in [-0.3, -0.25) is 9.48 Å². The number of carbonyl (C=O) groups is 2. The number of urea groups is 1. The van der Waals surface area contributed by atoms with Crippen molar-refractivity contribution in [1.82, 2.24) is 25.4 Å². The van der Waals surface area contributed by atoms with Gasteiger partial charge in [-0.05, 0) is 12.3 Å². The van der Waals surface area contributed by atoms with E-state index in [4.69, 9.17) is 5.11 Å². The summed E-state index contributed by atoms with van der Waals surface area (Å²) >= 11 is 0. The van der Waals surface area contributed by atoms with Crippen molar-refractivity contribution in [3.05, 3.63) is 12.2 Å². The van der Waals surface area contributed by atoms with E-state index in [2.05, 4.69) is 20.7 Å². The maximum absolute atomic E-state index is 11.5. The Morgan fingerprint density at radius 1 is 1.47 bits per heavy atom. The quantitative estimate of drug-likeness (QED) is 0.651. The zero-order valence-corrected chi connectivity index (χ0v) is 11.1. The van der Waals surface area contributed by atoms with Crippen molar-refractivity contribution < 1.29 is 14.7 Å². The summed E-state index contributed by atoms with van der Waals surface area (Å²) in [4.78, 5) is 25.8. The molecule has 1 rings (SSSR count). The number of carboxylic acids is 1. The molecule has 0 aliphatic rings. The molecular weight excluding hydrogens is 250 g/mol. The third-order valence-corrected chi connectivity index (χ3v) is 2.52. The molecule has 1 atom stereocenters. The molecule has 0 aliphatic heterocycles.